The highest BCUT2D eigenvalue weighted by Gasteiger charge is 1.90. The van der Waals surface area contributed by atoms with E-state index >= 15 is 0 Å². The largest absolute Gasteiger partial charge is 0.466 e. The Hall–Kier alpha value is -1.09. The van der Waals surface area contributed by atoms with Crippen molar-refractivity contribution >= 4 is 0 Å². The van der Waals surface area contributed by atoms with Gasteiger partial charge in [-0.1, -0.05) is 0 Å². The number of hydrogen-bond donors (Lipinski definition) is 1. The van der Waals surface area contributed by atoms with E-state index in [-0.39, 0.29) is 17.8 Å². The number of aliphatic hydroxyl groups excluding tert-OH is 1. The van der Waals surface area contributed by atoms with Crippen molar-refractivity contribution in [3.05, 3.63) is 34.4 Å². The summed E-state index contributed by atoms with van der Waals surface area (Å²) in [5, 5.41) is 8.42. The maximum absolute atomic E-state index is 10.4. The Morgan fingerprint density at radius 1 is 1.78 bits per heavy atom. The van der Waals surface area contributed by atoms with E-state index in [1.54, 1.807) is 0 Å². The van der Waals surface area contributed by atoms with Crippen LogP contribution in [0.25, 0.3) is 0 Å². The summed E-state index contributed by atoms with van der Waals surface area (Å²) >= 11 is 0. The van der Waals surface area contributed by atoms with Crippen LogP contribution >= 0.6 is 0 Å². The minimum absolute atomic E-state index is 0.246. The summed E-state index contributed by atoms with van der Waals surface area (Å²) in [6.07, 6.45) is 1.13. The molecular weight excluding hydrogens is 120 g/mol. The molecule has 0 unspecified atom stereocenters. The van der Waals surface area contributed by atoms with E-state index < -0.39 is 0 Å². The van der Waals surface area contributed by atoms with E-state index in [4.69, 9.17) is 5.11 Å². The lowest BCUT2D eigenvalue weighted by atomic mass is 10.4. The Morgan fingerprint density at radius 3 is 3.00 bits per heavy atom. The van der Waals surface area contributed by atoms with Crippen LogP contribution in [0.5, 0.6) is 0 Å². The molecule has 9 heavy (non-hydrogen) atoms. The Kier molecular flexibility index (Phi) is 1.65. The summed E-state index contributed by atoms with van der Waals surface area (Å²) in [5.74, 6) is 0.263. The van der Waals surface area contributed by atoms with Gasteiger partial charge >= 0.3 is 0 Å². The molecule has 3 heteroatoms. The van der Waals surface area contributed by atoms with Crippen LogP contribution in [0.4, 0.5) is 0 Å². The summed E-state index contributed by atoms with van der Waals surface area (Å²) in [4.78, 5) is 10.4. The average Bonchev–Trinajstić information content (AvgIpc) is 1.88. The first-order valence-electron chi connectivity index (χ1n) is 2.43. The van der Waals surface area contributed by atoms with Crippen LogP contribution in [-0.4, -0.2) is 5.11 Å². The first kappa shape index (κ1) is 6.04. The third-order valence-corrected chi connectivity index (χ3v) is 0.859. The standard InChI is InChI=1S/C6H5O3/c7-4-6-3-5(8)1-2-9-6/h2-3,7H,4H2. The molecule has 0 aliphatic heterocycles. The van der Waals surface area contributed by atoms with Gasteiger partial charge in [0.2, 0.25) is 0 Å². The second kappa shape index (κ2) is 2.46. The van der Waals surface area contributed by atoms with Crippen LogP contribution in [0.1, 0.15) is 5.76 Å². The SMILES string of the molecule is O=c1[c]coc(CO)c1. The van der Waals surface area contributed by atoms with Crippen molar-refractivity contribution in [2.24, 2.45) is 0 Å². The highest BCUT2D eigenvalue weighted by atomic mass is 16.4. The quantitative estimate of drug-likeness (QED) is 0.571. The molecule has 0 aliphatic rings. The van der Waals surface area contributed by atoms with Gasteiger partial charge in [-0.05, 0) is 0 Å². The minimum atomic E-state index is -0.273. The van der Waals surface area contributed by atoms with Gasteiger partial charge in [0.05, 0.1) is 6.07 Å². The Labute approximate surface area is 51.6 Å². The van der Waals surface area contributed by atoms with Gasteiger partial charge in [-0.2, -0.15) is 0 Å². The summed E-state index contributed by atoms with van der Waals surface area (Å²) < 4.78 is 4.65. The predicted molar refractivity (Wildman–Crippen MR) is 29.7 cm³/mol. The van der Waals surface area contributed by atoms with Crippen LogP contribution in [0, 0.1) is 6.07 Å². The van der Waals surface area contributed by atoms with E-state index in [1.807, 2.05) is 0 Å². The van der Waals surface area contributed by atoms with E-state index in [0.29, 0.717) is 0 Å². The van der Waals surface area contributed by atoms with E-state index in [1.165, 1.54) is 6.07 Å². The van der Waals surface area contributed by atoms with Gasteiger partial charge in [-0.25, -0.2) is 0 Å². The van der Waals surface area contributed by atoms with Crippen molar-refractivity contribution in [2.45, 2.75) is 6.61 Å². The average molecular weight is 125 g/mol. The molecule has 1 radical (unpaired) electrons. The maximum atomic E-state index is 10.4. The fourth-order valence-electron chi connectivity index (χ4n) is 0.468. The van der Waals surface area contributed by atoms with Crippen LogP contribution in [0.3, 0.4) is 0 Å². The number of hydrogen-bond acceptors (Lipinski definition) is 3. The summed E-state index contributed by atoms with van der Waals surface area (Å²) in [6, 6.07) is 3.47. The van der Waals surface area contributed by atoms with Crippen molar-refractivity contribution in [1.29, 1.82) is 0 Å². The fourth-order valence-corrected chi connectivity index (χ4v) is 0.468. The molecule has 3 nitrogen and oxygen atoms in total. The molecule has 0 aromatic carbocycles. The van der Waals surface area contributed by atoms with Gasteiger partial charge in [0, 0.05) is 6.07 Å². The normalized spacial score (nSPS) is 9.44. The highest BCUT2D eigenvalue weighted by molar-refractivity contribution is 4.96. The molecule has 1 aromatic heterocycles. The molecule has 1 N–H and O–H groups in total. The molecule has 0 aliphatic carbocycles. The second-order valence-electron chi connectivity index (χ2n) is 1.51. The molecule has 1 aromatic rings. The highest BCUT2D eigenvalue weighted by Crippen LogP contribution is 1.90. The predicted octanol–water partition coefficient (Wildman–Crippen LogP) is -0.0677. The van der Waals surface area contributed by atoms with E-state index in [9.17, 15) is 4.79 Å². The van der Waals surface area contributed by atoms with Crippen LogP contribution < -0.4 is 5.43 Å². The van der Waals surface area contributed by atoms with Gasteiger partial charge in [-0.15, -0.1) is 0 Å². The summed E-state index contributed by atoms with van der Waals surface area (Å²) in [6.45, 7) is -0.246. The monoisotopic (exact) mass is 125 g/mol. The first-order valence-corrected chi connectivity index (χ1v) is 2.43. The molecule has 0 saturated heterocycles. The van der Waals surface area contributed by atoms with Crippen molar-refractivity contribution in [3.8, 4) is 0 Å². The first-order chi connectivity index (χ1) is 4.33. The molecule has 47 valence electrons. The lowest BCUT2D eigenvalue weighted by Crippen LogP contribution is -1.97. The maximum Gasteiger partial charge on any atom is 0.193 e. The molecule has 1 rings (SSSR count). The van der Waals surface area contributed by atoms with Gasteiger partial charge in [-0.3, -0.25) is 4.79 Å². The zero-order chi connectivity index (χ0) is 6.69. The summed E-state index contributed by atoms with van der Waals surface area (Å²) in [7, 11) is 0. The van der Waals surface area contributed by atoms with E-state index in [0.717, 1.165) is 6.26 Å². The molecule has 0 amide bonds. The van der Waals surface area contributed by atoms with Gasteiger partial charge in [0.1, 0.15) is 18.6 Å². The third kappa shape index (κ3) is 1.40. The fraction of sp³-hybridized carbons (Fsp3) is 0.167. The molecular formula is C6H5O3. The molecule has 1 heterocycles. The topological polar surface area (TPSA) is 50.4 Å². The molecule has 0 fully saturated rings. The second-order valence-corrected chi connectivity index (χ2v) is 1.51. The minimum Gasteiger partial charge on any atom is -0.466 e. The van der Waals surface area contributed by atoms with Crippen LogP contribution in [-0.2, 0) is 6.61 Å². The Balaban J connectivity index is 3.08. The van der Waals surface area contributed by atoms with Gasteiger partial charge < -0.3 is 9.52 Å². The zero-order valence-electron chi connectivity index (χ0n) is 4.63. The van der Waals surface area contributed by atoms with Gasteiger partial charge in [0.15, 0.2) is 5.43 Å². The number of aliphatic hydroxyl groups is 1. The Bertz CT molecular complexity index is 238. The molecule has 0 atom stereocenters. The van der Waals surface area contributed by atoms with Crippen LogP contribution in [0.2, 0.25) is 0 Å². The molecule has 0 bridgehead atoms. The lowest BCUT2D eigenvalue weighted by molar-refractivity contribution is 0.243. The van der Waals surface area contributed by atoms with E-state index in [2.05, 4.69) is 10.5 Å². The van der Waals surface area contributed by atoms with Gasteiger partial charge in [0.25, 0.3) is 0 Å². The molecule has 0 saturated carbocycles. The lowest BCUT2D eigenvalue weighted by Gasteiger charge is -1.88. The Morgan fingerprint density at radius 2 is 2.56 bits per heavy atom. The van der Waals surface area contributed by atoms with Crippen molar-refractivity contribution in [2.75, 3.05) is 0 Å². The van der Waals surface area contributed by atoms with Crippen molar-refractivity contribution in [3.63, 3.8) is 0 Å². The van der Waals surface area contributed by atoms with Crippen LogP contribution in [0.15, 0.2) is 21.5 Å². The van der Waals surface area contributed by atoms with Crippen molar-refractivity contribution in [1.82, 2.24) is 0 Å². The van der Waals surface area contributed by atoms with Crippen molar-refractivity contribution < 1.29 is 9.52 Å². The zero-order valence-corrected chi connectivity index (χ0v) is 4.63. The smallest absolute Gasteiger partial charge is 0.193 e. The number of rotatable bonds is 1. The molecule has 0 spiro atoms. The summed E-state index contributed by atoms with van der Waals surface area (Å²) in [5.41, 5.74) is -0.273. The third-order valence-electron chi connectivity index (χ3n) is 0.859.